The Morgan fingerprint density at radius 3 is 2.95 bits per heavy atom. The molecule has 5 heteroatoms. The third kappa shape index (κ3) is 2.66. The molecule has 1 N–H and O–H groups in total. The van der Waals surface area contributed by atoms with Crippen LogP contribution >= 0.6 is 0 Å². The Bertz CT molecular complexity index is 705. The van der Waals surface area contributed by atoms with Crippen molar-refractivity contribution in [1.82, 2.24) is 0 Å². The summed E-state index contributed by atoms with van der Waals surface area (Å²) in [6.45, 7) is 6.22. The summed E-state index contributed by atoms with van der Waals surface area (Å²) in [5.41, 5.74) is 2.23. The van der Waals surface area contributed by atoms with Gasteiger partial charge in [0, 0.05) is 18.1 Å². The van der Waals surface area contributed by atoms with Crippen LogP contribution in [0.15, 0.2) is 28.9 Å². The predicted molar refractivity (Wildman–Crippen MR) is 82.8 cm³/mol. The first-order valence-corrected chi connectivity index (χ1v) is 7.40. The van der Waals surface area contributed by atoms with E-state index in [1.54, 1.807) is 13.0 Å². The highest BCUT2D eigenvalue weighted by atomic mass is 16.5. The van der Waals surface area contributed by atoms with E-state index in [2.05, 4.69) is 5.32 Å². The van der Waals surface area contributed by atoms with Gasteiger partial charge in [0.15, 0.2) is 0 Å². The third-order valence-electron chi connectivity index (χ3n) is 3.65. The van der Waals surface area contributed by atoms with E-state index in [0.29, 0.717) is 29.4 Å². The van der Waals surface area contributed by atoms with Gasteiger partial charge in [-0.2, -0.15) is 0 Å². The van der Waals surface area contributed by atoms with E-state index in [0.717, 1.165) is 17.7 Å². The number of aryl methyl sites for hydroxylation is 1. The Kier molecular flexibility index (Phi) is 3.79. The fourth-order valence-corrected chi connectivity index (χ4v) is 2.62. The number of fused-ring (bicyclic) bond motifs is 1. The molecule has 2 aromatic rings. The van der Waals surface area contributed by atoms with Crippen LogP contribution in [0.25, 0.3) is 0 Å². The van der Waals surface area contributed by atoms with Gasteiger partial charge in [0.05, 0.1) is 24.1 Å². The molecule has 1 aliphatic heterocycles. The van der Waals surface area contributed by atoms with Crippen molar-refractivity contribution in [3.63, 3.8) is 0 Å². The van der Waals surface area contributed by atoms with Gasteiger partial charge in [-0.25, -0.2) is 0 Å². The molecule has 0 radical (unpaired) electrons. The van der Waals surface area contributed by atoms with E-state index < -0.39 is 0 Å². The molecular formula is C17H19NO4. The molecule has 1 aromatic heterocycles. The highest BCUT2D eigenvalue weighted by Gasteiger charge is 2.23. The molecule has 1 atom stereocenters. The largest absolute Gasteiger partial charge is 0.492 e. The van der Waals surface area contributed by atoms with Gasteiger partial charge in [0.1, 0.15) is 23.4 Å². The second-order valence-corrected chi connectivity index (χ2v) is 5.37. The number of furan rings is 1. The summed E-state index contributed by atoms with van der Waals surface area (Å²) in [5, 5.41) is 2.88. The van der Waals surface area contributed by atoms with Crippen LogP contribution < -0.4 is 14.8 Å². The number of carbonyl (C=O) groups excluding carboxylic acids is 1. The summed E-state index contributed by atoms with van der Waals surface area (Å²) in [7, 11) is 0. The minimum absolute atomic E-state index is 0.145. The molecular weight excluding hydrogens is 282 g/mol. The summed E-state index contributed by atoms with van der Waals surface area (Å²) in [5.74, 6) is 1.82. The van der Waals surface area contributed by atoms with E-state index in [1.165, 1.54) is 6.26 Å². The number of hydrogen-bond acceptors (Lipinski definition) is 4. The van der Waals surface area contributed by atoms with Crippen molar-refractivity contribution >= 4 is 11.6 Å². The first kappa shape index (κ1) is 14.5. The molecule has 1 aliphatic rings. The highest BCUT2D eigenvalue weighted by molar-refractivity contribution is 6.05. The van der Waals surface area contributed by atoms with Crippen molar-refractivity contribution in [2.45, 2.75) is 33.3 Å². The molecule has 1 aromatic carbocycles. The van der Waals surface area contributed by atoms with Crippen LogP contribution in [0.2, 0.25) is 0 Å². The highest BCUT2D eigenvalue weighted by Crippen LogP contribution is 2.38. The zero-order valence-corrected chi connectivity index (χ0v) is 12.9. The van der Waals surface area contributed by atoms with Crippen LogP contribution in [0.5, 0.6) is 11.5 Å². The molecule has 0 fully saturated rings. The van der Waals surface area contributed by atoms with Crippen molar-refractivity contribution in [2.24, 2.45) is 0 Å². The standard InChI is InChI=1S/C17H19NO4/c1-4-20-16-8-12-7-10(2)22-15(12)9-14(16)18-17(19)13-5-6-21-11(13)3/h5-6,8-10H,4,7H2,1-3H3,(H,18,19)/t10-/m0/s1. The number of benzene rings is 1. The summed E-state index contributed by atoms with van der Waals surface area (Å²) in [6.07, 6.45) is 2.50. The maximum absolute atomic E-state index is 12.3. The van der Waals surface area contributed by atoms with Gasteiger partial charge < -0.3 is 19.2 Å². The molecule has 0 unspecified atom stereocenters. The zero-order chi connectivity index (χ0) is 15.7. The topological polar surface area (TPSA) is 60.7 Å². The number of rotatable bonds is 4. The zero-order valence-electron chi connectivity index (χ0n) is 12.9. The molecule has 3 rings (SSSR count). The fraction of sp³-hybridized carbons (Fsp3) is 0.353. The van der Waals surface area contributed by atoms with E-state index in [1.807, 2.05) is 26.0 Å². The number of carbonyl (C=O) groups is 1. The average molecular weight is 301 g/mol. The molecule has 1 amide bonds. The monoisotopic (exact) mass is 301 g/mol. The molecule has 2 heterocycles. The molecule has 116 valence electrons. The van der Waals surface area contributed by atoms with Gasteiger partial charge in [-0.15, -0.1) is 0 Å². The molecule has 5 nitrogen and oxygen atoms in total. The third-order valence-corrected chi connectivity index (χ3v) is 3.65. The first-order chi connectivity index (χ1) is 10.6. The molecule has 22 heavy (non-hydrogen) atoms. The smallest absolute Gasteiger partial charge is 0.259 e. The van der Waals surface area contributed by atoms with Crippen LogP contribution in [-0.2, 0) is 6.42 Å². The van der Waals surface area contributed by atoms with Gasteiger partial charge >= 0.3 is 0 Å². The summed E-state index contributed by atoms with van der Waals surface area (Å²) >= 11 is 0. The first-order valence-electron chi connectivity index (χ1n) is 7.40. The molecule has 0 bridgehead atoms. The van der Waals surface area contributed by atoms with Crippen molar-refractivity contribution in [3.8, 4) is 11.5 Å². The summed E-state index contributed by atoms with van der Waals surface area (Å²) in [4.78, 5) is 12.3. The van der Waals surface area contributed by atoms with Gasteiger partial charge in [-0.1, -0.05) is 0 Å². The van der Waals surface area contributed by atoms with E-state index in [4.69, 9.17) is 13.9 Å². The van der Waals surface area contributed by atoms with Crippen molar-refractivity contribution in [1.29, 1.82) is 0 Å². The number of hydrogen-bond donors (Lipinski definition) is 1. The minimum Gasteiger partial charge on any atom is -0.492 e. The summed E-state index contributed by atoms with van der Waals surface area (Å²) < 4.78 is 16.6. The lowest BCUT2D eigenvalue weighted by Gasteiger charge is -2.13. The molecule has 0 saturated carbocycles. The molecule has 0 aliphatic carbocycles. The average Bonchev–Trinajstić information content (AvgIpc) is 3.04. The van der Waals surface area contributed by atoms with Gasteiger partial charge in [-0.3, -0.25) is 4.79 Å². The minimum atomic E-state index is -0.224. The predicted octanol–water partition coefficient (Wildman–Crippen LogP) is 3.56. The SMILES string of the molecule is CCOc1cc2c(cc1NC(=O)c1ccoc1C)O[C@@H](C)C2. The van der Waals surface area contributed by atoms with Gasteiger partial charge in [0.2, 0.25) is 0 Å². The van der Waals surface area contributed by atoms with E-state index >= 15 is 0 Å². The maximum atomic E-state index is 12.3. The normalized spacial score (nSPS) is 16.0. The van der Waals surface area contributed by atoms with E-state index in [9.17, 15) is 4.79 Å². The Morgan fingerprint density at radius 2 is 2.27 bits per heavy atom. The van der Waals surface area contributed by atoms with Crippen LogP contribution in [0.3, 0.4) is 0 Å². The lowest BCUT2D eigenvalue weighted by Crippen LogP contribution is -2.13. The fourth-order valence-electron chi connectivity index (χ4n) is 2.62. The number of amides is 1. The van der Waals surface area contributed by atoms with Crippen LogP contribution in [-0.4, -0.2) is 18.6 Å². The molecule has 0 saturated heterocycles. The van der Waals surface area contributed by atoms with Crippen molar-refractivity contribution in [2.75, 3.05) is 11.9 Å². The second kappa shape index (κ2) is 5.75. The lowest BCUT2D eigenvalue weighted by atomic mass is 10.1. The van der Waals surface area contributed by atoms with Crippen molar-refractivity contribution < 1.29 is 18.7 Å². The lowest BCUT2D eigenvalue weighted by molar-refractivity contribution is 0.102. The van der Waals surface area contributed by atoms with Crippen molar-refractivity contribution in [3.05, 3.63) is 41.3 Å². The summed E-state index contributed by atoms with van der Waals surface area (Å²) in [6, 6.07) is 5.42. The maximum Gasteiger partial charge on any atom is 0.259 e. The quantitative estimate of drug-likeness (QED) is 0.938. The molecule has 0 spiro atoms. The van der Waals surface area contributed by atoms with Gasteiger partial charge in [-0.05, 0) is 32.9 Å². The number of nitrogens with one attached hydrogen (secondary N) is 1. The Hall–Kier alpha value is -2.43. The second-order valence-electron chi connectivity index (χ2n) is 5.37. The Balaban J connectivity index is 1.91. The Labute approximate surface area is 129 Å². The van der Waals surface area contributed by atoms with Crippen LogP contribution in [0.4, 0.5) is 5.69 Å². The number of ether oxygens (including phenoxy) is 2. The van der Waals surface area contributed by atoms with Gasteiger partial charge in [0.25, 0.3) is 5.91 Å². The van der Waals surface area contributed by atoms with Crippen LogP contribution in [0.1, 0.15) is 35.5 Å². The Morgan fingerprint density at radius 1 is 1.45 bits per heavy atom. The number of anilines is 1. The van der Waals surface area contributed by atoms with E-state index in [-0.39, 0.29) is 12.0 Å². The van der Waals surface area contributed by atoms with Crippen LogP contribution in [0, 0.1) is 6.92 Å².